The molecule has 0 spiro atoms. The maximum Gasteiger partial charge on any atom is 0.418 e. The molecule has 0 bridgehead atoms. The molecule has 0 fully saturated rings. The van der Waals surface area contributed by atoms with E-state index in [0.717, 1.165) is 30.9 Å². The van der Waals surface area contributed by atoms with Gasteiger partial charge in [0.25, 0.3) is 0 Å². The van der Waals surface area contributed by atoms with Gasteiger partial charge < -0.3 is 20.5 Å². The third-order valence-electron chi connectivity index (χ3n) is 4.35. The van der Waals surface area contributed by atoms with Crippen LogP contribution in [0.25, 0.3) is 0 Å². The lowest BCUT2D eigenvalue weighted by Crippen LogP contribution is -2.36. The number of nitrogens with zero attached hydrogens (tertiary/aromatic N) is 3. The van der Waals surface area contributed by atoms with E-state index in [1.165, 1.54) is 13.0 Å². The second-order valence-corrected chi connectivity index (χ2v) is 6.49. The Hall–Kier alpha value is -3.11. The molecular formula is C17H19F3N6O2. The molecule has 2 aromatic rings. The van der Waals surface area contributed by atoms with Crippen LogP contribution in [0, 0.1) is 6.92 Å². The van der Waals surface area contributed by atoms with Gasteiger partial charge in [0.05, 0.1) is 17.3 Å². The van der Waals surface area contributed by atoms with Gasteiger partial charge in [-0.15, -0.1) is 10.2 Å². The van der Waals surface area contributed by atoms with Crippen molar-refractivity contribution in [3.8, 4) is 0 Å². The third-order valence-corrected chi connectivity index (χ3v) is 4.35. The van der Waals surface area contributed by atoms with Crippen molar-refractivity contribution < 1.29 is 22.8 Å². The van der Waals surface area contributed by atoms with Gasteiger partial charge in [-0.1, -0.05) is 0 Å². The first-order chi connectivity index (χ1) is 13.1. The summed E-state index contributed by atoms with van der Waals surface area (Å²) in [7, 11) is 0. The van der Waals surface area contributed by atoms with Gasteiger partial charge in [0, 0.05) is 19.2 Å². The summed E-state index contributed by atoms with van der Waals surface area (Å²) in [5, 5.41) is 15.2. The summed E-state index contributed by atoms with van der Waals surface area (Å²) in [5.74, 6) is 0.800. The number of benzene rings is 1. The Kier molecular flexibility index (Phi) is 5.25. The van der Waals surface area contributed by atoms with Crippen LogP contribution in [0.4, 0.5) is 29.3 Å². The summed E-state index contributed by atoms with van der Waals surface area (Å²) >= 11 is 0. The molecule has 3 rings (SSSR count). The number of aromatic nitrogens is 3. The number of carbonyl (C=O) groups excluding carboxylic acids is 2. The predicted octanol–water partition coefficient (Wildman–Crippen LogP) is 3.22. The zero-order valence-electron chi connectivity index (χ0n) is 15.2. The Morgan fingerprint density at radius 2 is 1.96 bits per heavy atom. The molecule has 0 aliphatic carbocycles. The maximum absolute atomic E-state index is 13.4. The fraction of sp³-hybridized carbons (Fsp3) is 0.412. The molecule has 1 aromatic heterocycles. The summed E-state index contributed by atoms with van der Waals surface area (Å²) in [5.41, 5.74) is -1.48. The molecule has 3 amide bonds. The number of anilines is 2. The molecule has 0 unspecified atom stereocenters. The fourth-order valence-corrected chi connectivity index (χ4v) is 3.14. The molecule has 2 heterocycles. The normalized spacial score (nSPS) is 16.2. The maximum atomic E-state index is 13.4. The zero-order chi connectivity index (χ0) is 20.5. The van der Waals surface area contributed by atoms with Crippen molar-refractivity contribution in [1.29, 1.82) is 0 Å². The minimum Gasteiger partial charge on any atom is -0.328 e. The molecular weight excluding hydrogens is 377 g/mol. The zero-order valence-corrected chi connectivity index (χ0v) is 15.2. The van der Waals surface area contributed by atoms with Crippen molar-refractivity contribution in [1.82, 2.24) is 20.1 Å². The van der Waals surface area contributed by atoms with Crippen LogP contribution in [0.2, 0.25) is 0 Å². The monoisotopic (exact) mass is 396 g/mol. The lowest BCUT2D eigenvalue weighted by Gasteiger charge is -2.24. The van der Waals surface area contributed by atoms with Crippen molar-refractivity contribution in [2.24, 2.45) is 0 Å². The summed E-state index contributed by atoms with van der Waals surface area (Å²) in [6.07, 6.45) is -3.31. The molecule has 3 N–H and O–H groups in total. The number of rotatable bonds is 3. The molecule has 0 saturated heterocycles. The van der Waals surface area contributed by atoms with Crippen molar-refractivity contribution >= 4 is 23.3 Å². The second-order valence-electron chi connectivity index (χ2n) is 6.49. The Morgan fingerprint density at radius 1 is 1.21 bits per heavy atom. The van der Waals surface area contributed by atoms with E-state index in [1.54, 1.807) is 6.92 Å². The summed E-state index contributed by atoms with van der Waals surface area (Å²) in [6.45, 7) is 3.72. The van der Waals surface area contributed by atoms with Crippen LogP contribution < -0.4 is 16.0 Å². The van der Waals surface area contributed by atoms with E-state index in [-0.39, 0.29) is 5.69 Å². The number of amides is 3. The van der Waals surface area contributed by atoms with E-state index in [4.69, 9.17) is 0 Å². The average Bonchev–Trinajstić information content (AvgIpc) is 2.97. The van der Waals surface area contributed by atoms with Crippen LogP contribution in [0.1, 0.15) is 43.0 Å². The minimum absolute atomic E-state index is 0.0124. The van der Waals surface area contributed by atoms with Gasteiger partial charge >= 0.3 is 12.2 Å². The van der Waals surface area contributed by atoms with Gasteiger partial charge in [-0.3, -0.25) is 4.79 Å². The third kappa shape index (κ3) is 4.24. The first kappa shape index (κ1) is 19.6. The fourth-order valence-electron chi connectivity index (χ4n) is 3.14. The molecule has 1 aliphatic heterocycles. The highest BCUT2D eigenvalue weighted by Crippen LogP contribution is 2.36. The van der Waals surface area contributed by atoms with E-state index in [9.17, 15) is 22.8 Å². The number of halogens is 3. The van der Waals surface area contributed by atoms with Crippen molar-refractivity contribution in [3.63, 3.8) is 0 Å². The summed E-state index contributed by atoms with van der Waals surface area (Å²) in [6, 6.07) is 1.94. The molecule has 28 heavy (non-hydrogen) atoms. The van der Waals surface area contributed by atoms with E-state index in [2.05, 4.69) is 26.1 Å². The van der Waals surface area contributed by atoms with Crippen molar-refractivity contribution in [3.05, 3.63) is 35.4 Å². The first-order valence-electron chi connectivity index (χ1n) is 8.61. The average molecular weight is 396 g/mol. The van der Waals surface area contributed by atoms with Crippen LogP contribution >= 0.6 is 0 Å². The molecule has 1 aliphatic rings. The second kappa shape index (κ2) is 7.49. The Labute approximate surface area is 158 Å². The molecule has 0 radical (unpaired) electrons. The van der Waals surface area contributed by atoms with Crippen LogP contribution in [-0.2, 0) is 17.5 Å². The van der Waals surface area contributed by atoms with Crippen LogP contribution in [0.15, 0.2) is 18.2 Å². The summed E-state index contributed by atoms with van der Waals surface area (Å²) < 4.78 is 42.0. The van der Waals surface area contributed by atoms with Gasteiger partial charge in [0.1, 0.15) is 5.82 Å². The first-order valence-corrected chi connectivity index (χ1v) is 8.61. The molecule has 1 aromatic carbocycles. The van der Waals surface area contributed by atoms with E-state index in [1.807, 2.05) is 4.57 Å². The number of carbonyl (C=O) groups is 2. The van der Waals surface area contributed by atoms with Crippen molar-refractivity contribution in [2.75, 3.05) is 10.6 Å². The largest absolute Gasteiger partial charge is 0.418 e. The number of hydrogen-bond donors (Lipinski definition) is 3. The number of alkyl halides is 3. The number of fused-ring (bicyclic) bond motifs is 1. The smallest absolute Gasteiger partial charge is 0.328 e. The SMILES string of the molecule is CC(=O)Nc1ccc(NC(=O)N[C@@H]2CCCn3c(C)nnc32)c(C(F)(F)F)c1. The number of hydrogen-bond acceptors (Lipinski definition) is 4. The van der Waals surface area contributed by atoms with Gasteiger partial charge in [0.15, 0.2) is 5.82 Å². The highest BCUT2D eigenvalue weighted by atomic mass is 19.4. The van der Waals surface area contributed by atoms with Crippen LogP contribution in [-0.4, -0.2) is 26.7 Å². The lowest BCUT2D eigenvalue weighted by molar-refractivity contribution is -0.137. The van der Waals surface area contributed by atoms with E-state index < -0.39 is 35.4 Å². The minimum atomic E-state index is -4.71. The topological polar surface area (TPSA) is 101 Å². The highest BCUT2D eigenvalue weighted by Gasteiger charge is 2.35. The van der Waals surface area contributed by atoms with E-state index >= 15 is 0 Å². The molecule has 150 valence electrons. The summed E-state index contributed by atoms with van der Waals surface area (Å²) in [4.78, 5) is 23.4. The van der Waals surface area contributed by atoms with Gasteiger partial charge in [-0.05, 0) is 38.0 Å². The highest BCUT2D eigenvalue weighted by molar-refractivity contribution is 5.92. The van der Waals surface area contributed by atoms with E-state index in [0.29, 0.717) is 12.2 Å². The molecule has 11 heteroatoms. The quantitative estimate of drug-likeness (QED) is 0.742. The number of nitrogens with one attached hydrogen (secondary N) is 3. The number of aryl methyl sites for hydroxylation is 1. The molecule has 0 saturated carbocycles. The Morgan fingerprint density at radius 3 is 2.64 bits per heavy atom. The van der Waals surface area contributed by atoms with Gasteiger partial charge in [-0.2, -0.15) is 13.2 Å². The van der Waals surface area contributed by atoms with Gasteiger partial charge in [0.2, 0.25) is 5.91 Å². The number of urea groups is 1. The predicted molar refractivity (Wildman–Crippen MR) is 94.6 cm³/mol. The molecule has 8 nitrogen and oxygen atoms in total. The lowest BCUT2D eigenvalue weighted by atomic mass is 10.1. The van der Waals surface area contributed by atoms with Crippen LogP contribution in [0.3, 0.4) is 0 Å². The Balaban J connectivity index is 1.78. The van der Waals surface area contributed by atoms with Gasteiger partial charge in [-0.25, -0.2) is 4.79 Å². The standard InChI is InChI=1S/C17H19F3N6O2/c1-9-24-25-15-14(4-3-7-26(9)15)23-16(28)22-13-6-5-11(21-10(2)27)8-12(13)17(18,19)20/h5-6,8,14H,3-4,7H2,1-2H3,(H,21,27)(H2,22,23,28)/t14-/m1/s1. The molecule has 1 atom stereocenters. The van der Waals surface area contributed by atoms with Crippen LogP contribution in [0.5, 0.6) is 0 Å². The Bertz CT molecular complexity index is 909. The van der Waals surface area contributed by atoms with Crippen molar-refractivity contribution in [2.45, 2.75) is 45.5 Å².